The van der Waals surface area contributed by atoms with Crippen molar-refractivity contribution in [1.29, 1.82) is 0 Å². The lowest BCUT2D eigenvalue weighted by Crippen LogP contribution is -2.50. The highest BCUT2D eigenvalue weighted by Gasteiger charge is 2.28. The standard InChI is InChI=1S/C14H16F3NO4/c15-9-5-8(6-10(16)13(9)17)14(20)18-11-7-21-3-1-12(11)22-4-2-19/h5-6,11-12,19H,1-4,7H2,(H,18,20)/t11-,12+/m1/s1. The molecule has 1 aromatic rings. The SMILES string of the molecule is O=C(N[C@@H]1COCC[C@@H]1OCCO)c1cc(F)c(F)c(F)c1. The van der Waals surface area contributed by atoms with E-state index in [4.69, 9.17) is 14.6 Å². The van der Waals surface area contributed by atoms with E-state index in [1.165, 1.54) is 0 Å². The van der Waals surface area contributed by atoms with E-state index in [2.05, 4.69) is 5.32 Å². The summed E-state index contributed by atoms with van der Waals surface area (Å²) in [6, 6.07) is 0.728. The highest BCUT2D eigenvalue weighted by Crippen LogP contribution is 2.16. The van der Waals surface area contributed by atoms with Crippen molar-refractivity contribution in [2.45, 2.75) is 18.6 Å². The Labute approximate surface area is 125 Å². The van der Waals surface area contributed by atoms with Crippen LogP contribution in [0.5, 0.6) is 0 Å². The molecule has 1 aliphatic rings. The van der Waals surface area contributed by atoms with Gasteiger partial charge in [0.1, 0.15) is 0 Å². The average Bonchev–Trinajstić information content (AvgIpc) is 2.51. The summed E-state index contributed by atoms with van der Waals surface area (Å²) < 4.78 is 49.8. The van der Waals surface area contributed by atoms with Gasteiger partial charge in [0.05, 0.1) is 32.0 Å². The molecule has 1 heterocycles. The maximum absolute atomic E-state index is 13.2. The average molecular weight is 319 g/mol. The minimum absolute atomic E-state index is 0.108. The molecular formula is C14H16F3NO4. The minimum atomic E-state index is -1.62. The van der Waals surface area contributed by atoms with Crippen molar-refractivity contribution in [1.82, 2.24) is 5.32 Å². The van der Waals surface area contributed by atoms with Gasteiger partial charge in [0.25, 0.3) is 5.91 Å². The largest absolute Gasteiger partial charge is 0.394 e. The molecule has 0 aromatic heterocycles. The normalized spacial score (nSPS) is 21.6. The van der Waals surface area contributed by atoms with E-state index in [-0.39, 0.29) is 31.5 Å². The van der Waals surface area contributed by atoms with E-state index in [1.807, 2.05) is 0 Å². The molecule has 1 amide bonds. The van der Waals surface area contributed by atoms with Crippen LogP contribution in [0, 0.1) is 17.5 Å². The third-order valence-electron chi connectivity index (χ3n) is 3.28. The van der Waals surface area contributed by atoms with Crippen LogP contribution in [-0.2, 0) is 9.47 Å². The van der Waals surface area contributed by atoms with Crippen LogP contribution < -0.4 is 5.32 Å². The monoisotopic (exact) mass is 319 g/mol. The van der Waals surface area contributed by atoms with Crippen LogP contribution in [0.2, 0.25) is 0 Å². The number of benzene rings is 1. The highest BCUT2D eigenvalue weighted by molar-refractivity contribution is 5.94. The maximum Gasteiger partial charge on any atom is 0.251 e. The number of halogens is 3. The summed E-state index contributed by atoms with van der Waals surface area (Å²) in [5.74, 6) is -5.25. The van der Waals surface area contributed by atoms with Gasteiger partial charge >= 0.3 is 0 Å². The predicted octanol–water partition coefficient (Wildman–Crippen LogP) is 1.00. The molecule has 2 N–H and O–H groups in total. The van der Waals surface area contributed by atoms with E-state index >= 15 is 0 Å². The van der Waals surface area contributed by atoms with Crippen LogP contribution in [0.15, 0.2) is 12.1 Å². The molecule has 1 fully saturated rings. The number of carbonyl (C=O) groups is 1. The van der Waals surface area contributed by atoms with Crippen LogP contribution >= 0.6 is 0 Å². The van der Waals surface area contributed by atoms with Gasteiger partial charge in [0.15, 0.2) is 17.5 Å². The fraction of sp³-hybridized carbons (Fsp3) is 0.500. The van der Waals surface area contributed by atoms with E-state index in [0.717, 1.165) is 0 Å². The third-order valence-corrected chi connectivity index (χ3v) is 3.28. The Morgan fingerprint density at radius 3 is 2.68 bits per heavy atom. The second-order valence-electron chi connectivity index (χ2n) is 4.83. The van der Waals surface area contributed by atoms with Crippen molar-refractivity contribution in [3.8, 4) is 0 Å². The molecule has 0 unspecified atom stereocenters. The van der Waals surface area contributed by atoms with Crippen molar-refractivity contribution in [3.63, 3.8) is 0 Å². The first-order valence-corrected chi connectivity index (χ1v) is 6.78. The second kappa shape index (κ2) is 7.57. The van der Waals surface area contributed by atoms with Crippen molar-refractivity contribution in [2.75, 3.05) is 26.4 Å². The first-order chi connectivity index (χ1) is 10.5. The van der Waals surface area contributed by atoms with E-state index in [0.29, 0.717) is 25.2 Å². The van der Waals surface area contributed by atoms with Gasteiger partial charge in [-0.25, -0.2) is 13.2 Å². The first-order valence-electron chi connectivity index (χ1n) is 6.78. The zero-order valence-electron chi connectivity index (χ0n) is 11.7. The predicted molar refractivity (Wildman–Crippen MR) is 69.8 cm³/mol. The molecule has 5 nitrogen and oxygen atoms in total. The Morgan fingerprint density at radius 2 is 2.05 bits per heavy atom. The zero-order chi connectivity index (χ0) is 16.1. The Bertz CT molecular complexity index is 518. The van der Waals surface area contributed by atoms with E-state index < -0.39 is 29.4 Å². The number of rotatable bonds is 5. The number of hydrogen-bond donors (Lipinski definition) is 2. The van der Waals surface area contributed by atoms with Crippen molar-refractivity contribution in [2.24, 2.45) is 0 Å². The lowest BCUT2D eigenvalue weighted by atomic mass is 10.1. The molecule has 2 rings (SSSR count). The smallest absolute Gasteiger partial charge is 0.251 e. The zero-order valence-corrected chi connectivity index (χ0v) is 11.7. The Kier molecular flexibility index (Phi) is 5.76. The minimum Gasteiger partial charge on any atom is -0.394 e. The Balaban J connectivity index is 2.06. The Hall–Kier alpha value is -1.64. The molecule has 22 heavy (non-hydrogen) atoms. The summed E-state index contributed by atoms with van der Waals surface area (Å²) in [4.78, 5) is 12.0. The fourth-order valence-electron chi connectivity index (χ4n) is 2.19. The molecule has 0 saturated carbocycles. The lowest BCUT2D eigenvalue weighted by molar-refractivity contribution is -0.0612. The van der Waals surface area contributed by atoms with Crippen molar-refractivity contribution < 1.29 is 32.5 Å². The van der Waals surface area contributed by atoms with E-state index in [9.17, 15) is 18.0 Å². The molecule has 1 aliphatic heterocycles. The maximum atomic E-state index is 13.2. The molecule has 1 aromatic carbocycles. The first kappa shape index (κ1) is 16.7. The van der Waals surface area contributed by atoms with Gasteiger partial charge in [-0.15, -0.1) is 0 Å². The molecule has 1 saturated heterocycles. The summed E-state index contributed by atoms with van der Waals surface area (Å²) in [6.45, 7) is 0.569. The lowest BCUT2D eigenvalue weighted by Gasteiger charge is -2.32. The molecule has 2 atom stereocenters. The molecule has 0 spiro atoms. The van der Waals surface area contributed by atoms with Gasteiger partial charge in [-0.2, -0.15) is 0 Å². The van der Waals surface area contributed by atoms with Crippen molar-refractivity contribution >= 4 is 5.91 Å². The van der Waals surface area contributed by atoms with Crippen LogP contribution in [0.4, 0.5) is 13.2 Å². The summed E-state index contributed by atoms with van der Waals surface area (Å²) in [5, 5.41) is 11.3. The third kappa shape index (κ3) is 3.96. The van der Waals surface area contributed by atoms with Gasteiger partial charge in [-0.3, -0.25) is 4.79 Å². The summed E-state index contributed by atoms with van der Waals surface area (Å²) in [6.07, 6.45) is 0.136. The number of carbonyl (C=O) groups excluding carboxylic acids is 1. The number of aliphatic hydroxyl groups is 1. The van der Waals surface area contributed by atoms with Crippen LogP contribution in [0.1, 0.15) is 16.8 Å². The molecule has 8 heteroatoms. The highest BCUT2D eigenvalue weighted by atomic mass is 19.2. The van der Waals surface area contributed by atoms with Crippen molar-refractivity contribution in [3.05, 3.63) is 35.1 Å². The number of ether oxygens (including phenoxy) is 2. The Morgan fingerprint density at radius 1 is 1.36 bits per heavy atom. The van der Waals surface area contributed by atoms with Crippen LogP contribution in [0.3, 0.4) is 0 Å². The number of aliphatic hydroxyl groups excluding tert-OH is 1. The number of nitrogens with one attached hydrogen (secondary N) is 1. The van der Waals surface area contributed by atoms with Gasteiger partial charge in [-0.05, 0) is 18.6 Å². The topological polar surface area (TPSA) is 67.8 Å². The van der Waals surface area contributed by atoms with Gasteiger partial charge in [0, 0.05) is 12.2 Å². The van der Waals surface area contributed by atoms with Gasteiger partial charge < -0.3 is 19.9 Å². The van der Waals surface area contributed by atoms with Gasteiger partial charge in [0.2, 0.25) is 0 Å². The molecule has 0 bridgehead atoms. The van der Waals surface area contributed by atoms with Crippen LogP contribution in [0.25, 0.3) is 0 Å². The second-order valence-corrected chi connectivity index (χ2v) is 4.83. The molecule has 122 valence electrons. The summed E-state index contributed by atoms with van der Waals surface area (Å²) in [5.41, 5.74) is -0.331. The number of hydrogen-bond acceptors (Lipinski definition) is 4. The summed E-state index contributed by atoms with van der Waals surface area (Å²) >= 11 is 0. The quantitative estimate of drug-likeness (QED) is 0.795. The summed E-state index contributed by atoms with van der Waals surface area (Å²) in [7, 11) is 0. The van der Waals surface area contributed by atoms with Crippen LogP contribution in [-0.4, -0.2) is 49.6 Å². The van der Waals surface area contributed by atoms with E-state index in [1.54, 1.807) is 0 Å². The number of amides is 1. The molecular weight excluding hydrogens is 303 g/mol. The molecule has 0 aliphatic carbocycles. The van der Waals surface area contributed by atoms with Gasteiger partial charge in [-0.1, -0.05) is 0 Å². The fourth-order valence-corrected chi connectivity index (χ4v) is 2.19. The molecule has 0 radical (unpaired) electrons.